The maximum absolute atomic E-state index is 13.4. The standard InChI is InChI=1S/C21H19F2N3O2S/c22-15-10-17-18(11-16(15)23)29-21(24-17)25-20(28)14-7-4-8-26(12-14)19(27)9-13-5-2-1-3-6-13/h1-3,5-6,10-11,14H,4,7-9,12H2,(H,24,25,28). The smallest absolute Gasteiger partial charge is 0.231 e. The molecule has 0 saturated carbocycles. The predicted molar refractivity (Wildman–Crippen MR) is 108 cm³/mol. The average molecular weight is 415 g/mol. The Bertz CT molecular complexity index is 1020. The summed E-state index contributed by atoms with van der Waals surface area (Å²) in [5.74, 6) is -2.50. The SMILES string of the molecule is O=C(Nc1nc2cc(F)c(F)cc2s1)C1CCCN(C(=O)Cc2ccccc2)C1. The highest BCUT2D eigenvalue weighted by atomic mass is 32.1. The van der Waals surface area contributed by atoms with Gasteiger partial charge in [-0.15, -0.1) is 0 Å². The summed E-state index contributed by atoms with van der Waals surface area (Å²) in [4.78, 5) is 31.1. The van der Waals surface area contributed by atoms with E-state index >= 15 is 0 Å². The van der Waals surface area contributed by atoms with Crippen molar-refractivity contribution in [3.63, 3.8) is 0 Å². The average Bonchev–Trinajstić information content (AvgIpc) is 3.10. The van der Waals surface area contributed by atoms with Gasteiger partial charge >= 0.3 is 0 Å². The van der Waals surface area contributed by atoms with Crippen molar-refractivity contribution in [2.45, 2.75) is 19.3 Å². The van der Waals surface area contributed by atoms with Gasteiger partial charge in [-0.25, -0.2) is 13.8 Å². The lowest BCUT2D eigenvalue weighted by atomic mass is 9.96. The summed E-state index contributed by atoms with van der Waals surface area (Å²) < 4.78 is 27.2. The molecule has 1 aliphatic rings. The van der Waals surface area contributed by atoms with Crippen LogP contribution in [0.15, 0.2) is 42.5 Å². The van der Waals surface area contributed by atoms with Crippen LogP contribution in [0.3, 0.4) is 0 Å². The number of thiazole rings is 1. The van der Waals surface area contributed by atoms with Crippen molar-refractivity contribution in [1.29, 1.82) is 0 Å². The fourth-order valence-corrected chi connectivity index (χ4v) is 4.36. The highest BCUT2D eigenvalue weighted by molar-refractivity contribution is 7.22. The molecule has 3 aromatic rings. The second-order valence-corrected chi connectivity index (χ2v) is 8.11. The van der Waals surface area contributed by atoms with E-state index in [2.05, 4.69) is 10.3 Å². The minimum absolute atomic E-state index is 0.000336. The van der Waals surface area contributed by atoms with Crippen molar-refractivity contribution >= 4 is 38.5 Å². The van der Waals surface area contributed by atoms with Crippen LogP contribution >= 0.6 is 11.3 Å². The number of likely N-dealkylation sites (tertiary alicyclic amines) is 1. The summed E-state index contributed by atoms with van der Waals surface area (Å²) >= 11 is 1.09. The van der Waals surface area contributed by atoms with Gasteiger partial charge in [0.05, 0.1) is 22.6 Å². The van der Waals surface area contributed by atoms with Crippen LogP contribution in [-0.4, -0.2) is 34.8 Å². The molecule has 1 fully saturated rings. The van der Waals surface area contributed by atoms with E-state index in [-0.39, 0.29) is 17.7 Å². The summed E-state index contributed by atoms with van der Waals surface area (Å²) in [6.45, 7) is 0.987. The zero-order valence-electron chi connectivity index (χ0n) is 15.5. The number of carbonyl (C=O) groups is 2. The van der Waals surface area contributed by atoms with Crippen molar-refractivity contribution in [2.24, 2.45) is 5.92 Å². The maximum Gasteiger partial charge on any atom is 0.231 e. The number of nitrogens with zero attached hydrogens (tertiary/aromatic N) is 2. The maximum atomic E-state index is 13.4. The lowest BCUT2D eigenvalue weighted by molar-refractivity contribution is -0.133. The third kappa shape index (κ3) is 4.42. The Hall–Kier alpha value is -2.87. The molecule has 2 aromatic carbocycles. The number of fused-ring (bicyclic) bond motifs is 1. The summed E-state index contributed by atoms with van der Waals surface area (Å²) in [5.41, 5.74) is 1.24. The van der Waals surface area contributed by atoms with E-state index in [4.69, 9.17) is 0 Å². The fourth-order valence-electron chi connectivity index (χ4n) is 3.48. The van der Waals surface area contributed by atoms with Gasteiger partial charge in [0.15, 0.2) is 16.8 Å². The Kier molecular flexibility index (Phi) is 5.53. The molecule has 2 heterocycles. The van der Waals surface area contributed by atoms with Crippen LogP contribution in [0.5, 0.6) is 0 Å². The van der Waals surface area contributed by atoms with Crippen LogP contribution in [0.2, 0.25) is 0 Å². The van der Waals surface area contributed by atoms with Gasteiger partial charge in [0.1, 0.15) is 0 Å². The number of halogens is 2. The van der Waals surface area contributed by atoms with Gasteiger partial charge in [-0.1, -0.05) is 41.7 Å². The molecule has 150 valence electrons. The summed E-state index contributed by atoms with van der Waals surface area (Å²) in [6, 6.07) is 11.6. The van der Waals surface area contributed by atoms with E-state index in [1.54, 1.807) is 4.90 Å². The molecule has 4 rings (SSSR count). The van der Waals surface area contributed by atoms with E-state index in [1.807, 2.05) is 30.3 Å². The Morgan fingerprint density at radius 3 is 2.72 bits per heavy atom. The number of benzene rings is 2. The third-order valence-corrected chi connectivity index (χ3v) is 5.94. The molecule has 1 atom stereocenters. The second kappa shape index (κ2) is 8.24. The largest absolute Gasteiger partial charge is 0.342 e. The van der Waals surface area contributed by atoms with Crippen LogP contribution in [0.25, 0.3) is 10.2 Å². The number of carbonyl (C=O) groups excluding carboxylic acids is 2. The fraction of sp³-hybridized carbons (Fsp3) is 0.286. The van der Waals surface area contributed by atoms with Crippen molar-refractivity contribution in [3.05, 3.63) is 59.7 Å². The number of aromatic nitrogens is 1. The summed E-state index contributed by atoms with van der Waals surface area (Å²) in [6.07, 6.45) is 1.73. The van der Waals surface area contributed by atoms with E-state index in [0.29, 0.717) is 41.3 Å². The zero-order valence-corrected chi connectivity index (χ0v) is 16.3. The molecule has 29 heavy (non-hydrogen) atoms. The van der Waals surface area contributed by atoms with Crippen molar-refractivity contribution in [1.82, 2.24) is 9.88 Å². The van der Waals surface area contributed by atoms with Gasteiger partial charge in [-0.3, -0.25) is 9.59 Å². The molecular weight excluding hydrogens is 396 g/mol. The molecule has 8 heteroatoms. The monoisotopic (exact) mass is 415 g/mol. The van der Waals surface area contributed by atoms with E-state index in [1.165, 1.54) is 0 Å². The number of amides is 2. The molecule has 1 saturated heterocycles. The number of hydrogen-bond acceptors (Lipinski definition) is 4. The molecule has 0 radical (unpaired) electrons. The van der Waals surface area contributed by atoms with E-state index in [0.717, 1.165) is 35.5 Å². The lowest BCUT2D eigenvalue weighted by Crippen LogP contribution is -2.44. The first-order chi connectivity index (χ1) is 14.0. The van der Waals surface area contributed by atoms with Crippen LogP contribution in [0.1, 0.15) is 18.4 Å². The van der Waals surface area contributed by atoms with E-state index < -0.39 is 11.6 Å². The number of piperidine rings is 1. The Morgan fingerprint density at radius 1 is 1.17 bits per heavy atom. The van der Waals surface area contributed by atoms with Crippen LogP contribution < -0.4 is 5.32 Å². The van der Waals surface area contributed by atoms with Crippen LogP contribution in [-0.2, 0) is 16.0 Å². The van der Waals surface area contributed by atoms with Gasteiger partial charge in [-0.05, 0) is 24.5 Å². The predicted octanol–water partition coefficient (Wildman–Crippen LogP) is 3.99. The molecule has 2 amide bonds. The molecule has 0 spiro atoms. The highest BCUT2D eigenvalue weighted by Gasteiger charge is 2.29. The molecular formula is C21H19F2N3O2S. The van der Waals surface area contributed by atoms with Crippen LogP contribution in [0, 0.1) is 17.6 Å². The van der Waals surface area contributed by atoms with Gasteiger partial charge < -0.3 is 10.2 Å². The topological polar surface area (TPSA) is 62.3 Å². The summed E-state index contributed by atoms with van der Waals surface area (Å²) in [7, 11) is 0. The van der Waals surface area contributed by atoms with Gasteiger partial charge in [-0.2, -0.15) is 0 Å². The Labute approximate surface area is 170 Å². The first-order valence-electron chi connectivity index (χ1n) is 9.38. The molecule has 1 aromatic heterocycles. The number of hydrogen-bond donors (Lipinski definition) is 1. The first-order valence-corrected chi connectivity index (χ1v) is 10.2. The van der Waals surface area contributed by atoms with Gasteiger partial charge in [0.25, 0.3) is 0 Å². The molecule has 1 aliphatic heterocycles. The Morgan fingerprint density at radius 2 is 1.93 bits per heavy atom. The van der Waals surface area contributed by atoms with Crippen molar-refractivity contribution in [2.75, 3.05) is 18.4 Å². The highest BCUT2D eigenvalue weighted by Crippen LogP contribution is 2.29. The van der Waals surface area contributed by atoms with Gasteiger partial charge in [0, 0.05) is 19.2 Å². The number of nitrogens with one attached hydrogen (secondary N) is 1. The second-order valence-electron chi connectivity index (χ2n) is 7.08. The normalized spacial score (nSPS) is 16.8. The Balaban J connectivity index is 1.40. The number of rotatable bonds is 4. The molecule has 1 N–H and O–H groups in total. The molecule has 1 unspecified atom stereocenters. The third-order valence-electron chi connectivity index (χ3n) is 5.00. The minimum atomic E-state index is -0.972. The minimum Gasteiger partial charge on any atom is -0.342 e. The van der Waals surface area contributed by atoms with Gasteiger partial charge in [0.2, 0.25) is 11.8 Å². The first kappa shape index (κ1) is 19.4. The molecule has 5 nitrogen and oxygen atoms in total. The number of anilines is 1. The zero-order chi connectivity index (χ0) is 20.4. The van der Waals surface area contributed by atoms with Crippen molar-refractivity contribution in [3.8, 4) is 0 Å². The van der Waals surface area contributed by atoms with E-state index in [9.17, 15) is 18.4 Å². The lowest BCUT2D eigenvalue weighted by Gasteiger charge is -2.32. The van der Waals surface area contributed by atoms with Crippen LogP contribution in [0.4, 0.5) is 13.9 Å². The summed E-state index contributed by atoms with van der Waals surface area (Å²) in [5, 5.41) is 3.03. The molecule has 0 bridgehead atoms. The van der Waals surface area contributed by atoms with Crippen molar-refractivity contribution < 1.29 is 18.4 Å². The molecule has 0 aliphatic carbocycles. The quantitative estimate of drug-likeness (QED) is 0.701.